The molecule has 0 radical (unpaired) electrons. The van der Waals surface area contributed by atoms with Gasteiger partial charge in [-0.3, -0.25) is 14.4 Å². The van der Waals surface area contributed by atoms with E-state index in [1.54, 1.807) is 0 Å². The van der Waals surface area contributed by atoms with Gasteiger partial charge >= 0.3 is 12.0 Å². The number of likely N-dealkylation sites (N-methyl/N-ethyl adjacent to an activating group) is 1. The third-order valence-electron chi connectivity index (χ3n) is 2.24. The van der Waals surface area contributed by atoms with Crippen LogP contribution in [0.15, 0.2) is 12.3 Å². The van der Waals surface area contributed by atoms with Crippen LogP contribution in [0.25, 0.3) is 0 Å². The molecule has 18 heavy (non-hydrogen) atoms. The maximum atomic E-state index is 11.6. The van der Waals surface area contributed by atoms with Gasteiger partial charge in [0.25, 0.3) is 5.91 Å². The van der Waals surface area contributed by atoms with E-state index >= 15 is 0 Å². The SMILES string of the molecule is CN1C=CC(=O)C(NC(=O)NCCC(=O)O)C1=O. The molecule has 0 bridgehead atoms. The number of carboxylic acids is 1. The first-order valence-corrected chi connectivity index (χ1v) is 5.16. The van der Waals surface area contributed by atoms with Crippen LogP contribution in [0.1, 0.15) is 6.42 Å². The van der Waals surface area contributed by atoms with Gasteiger partial charge in [0.15, 0.2) is 11.8 Å². The lowest BCUT2D eigenvalue weighted by Crippen LogP contribution is -2.54. The predicted molar refractivity (Wildman–Crippen MR) is 59.5 cm³/mol. The Balaban J connectivity index is 2.48. The quantitative estimate of drug-likeness (QED) is 0.539. The lowest BCUT2D eigenvalue weighted by Gasteiger charge is -2.23. The van der Waals surface area contributed by atoms with Crippen molar-refractivity contribution >= 4 is 23.7 Å². The zero-order chi connectivity index (χ0) is 13.7. The third-order valence-corrected chi connectivity index (χ3v) is 2.24. The minimum atomic E-state index is -1.26. The lowest BCUT2D eigenvalue weighted by molar-refractivity contribution is -0.137. The van der Waals surface area contributed by atoms with E-state index in [4.69, 9.17) is 5.11 Å². The highest BCUT2D eigenvalue weighted by Gasteiger charge is 2.31. The monoisotopic (exact) mass is 255 g/mol. The molecule has 98 valence electrons. The van der Waals surface area contributed by atoms with Gasteiger partial charge in [0.05, 0.1) is 6.42 Å². The zero-order valence-electron chi connectivity index (χ0n) is 9.67. The summed E-state index contributed by atoms with van der Waals surface area (Å²) in [5, 5.41) is 12.8. The van der Waals surface area contributed by atoms with E-state index in [1.807, 2.05) is 0 Å². The summed E-state index contributed by atoms with van der Waals surface area (Å²) in [7, 11) is 1.46. The number of carbonyl (C=O) groups excluding carboxylic acids is 3. The molecule has 0 aromatic carbocycles. The molecule has 1 atom stereocenters. The smallest absolute Gasteiger partial charge is 0.315 e. The highest BCUT2D eigenvalue weighted by atomic mass is 16.4. The van der Waals surface area contributed by atoms with Crippen LogP contribution in [-0.4, -0.2) is 53.3 Å². The molecule has 0 saturated heterocycles. The van der Waals surface area contributed by atoms with E-state index in [9.17, 15) is 19.2 Å². The molecule has 3 N–H and O–H groups in total. The number of hydrogen-bond donors (Lipinski definition) is 3. The van der Waals surface area contributed by atoms with Gasteiger partial charge in [0.2, 0.25) is 0 Å². The van der Waals surface area contributed by atoms with Crippen LogP contribution in [-0.2, 0) is 14.4 Å². The Kier molecular flexibility index (Phi) is 4.41. The van der Waals surface area contributed by atoms with Crippen molar-refractivity contribution in [1.82, 2.24) is 15.5 Å². The fraction of sp³-hybridized carbons (Fsp3) is 0.400. The second-order valence-electron chi connectivity index (χ2n) is 3.64. The first kappa shape index (κ1) is 13.7. The van der Waals surface area contributed by atoms with Gasteiger partial charge in [-0.15, -0.1) is 0 Å². The molecular formula is C10H13N3O5. The summed E-state index contributed by atoms with van der Waals surface area (Å²) in [5.41, 5.74) is 0. The molecule has 8 heteroatoms. The summed E-state index contributed by atoms with van der Waals surface area (Å²) in [6, 6.07) is -2.02. The van der Waals surface area contributed by atoms with Gasteiger partial charge in [-0.25, -0.2) is 4.79 Å². The molecule has 8 nitrogen and oxygen atoms in total. The number of rotatable bonds is 4. The fourth-order valence-electron chi connectivity index (χ4n) is 1.28. The van der Waals surface area contributed by atoms with Crippen molar-refractivity contribution in [2.24, 2.45) is 0 Å². The van der Waals surface area contributed by atoms with Crippen LogP contribution in [0.3, 0.4) is 0 Å². The van der Waals surface area contributed by atoms with Crippen LogP contribution in [0, 0.1) is 0 Å². The largest absolute Gasteiger partial charge is 0.481 e. The Morgan fingerprint density at radius 3 is 2.72 bits per heavy atom. The standard InChI is InChI=1S/C10H13N3O5/c1-13-5-3-6(14)8(9(13)17)12-10(18)11-4-2-7(15)16/h3,5,8H,2,4H2,1H3,(H,15,16)(H2,11,12,18). The minimum absolute atomic E-state index is 0.0814. The third kappa shape index (κ3) is 3.58. The second kappa shape index (κ2) is 5.80. The van der Waals surface area contributed by atoms with Gasteiger partial charge in [-0.2, -0.15) is 0 Å². The van der Waals surface area contributed by atoms with Crippen molar-refractivity contribution < 1.29 is 24.3 Å². The van der Waals surface area contributed by atoms with E-state index in [0.29, 0.717) is 0 Å². The van der Waals surface area contributed by atoms with Crippen LogP contribution in [0.2, 0.25) is 0 Å². The number of hydrogen-bond acceptors (Lipinski definition) is 4. The Morgan fingerprint density at radius 1 is 1.44 bits per heavy atom. The Bertz CT molecular complexity index is 418. The lowest BCUT2D eigenvalue weighted by atomic mass is 10.1. The molecule has 0 aliphatic carbocycles. The number of nitrogens with zero attached hydrogens (tertiary/aromatic N) is 1. The van der Waals surface area contributed by atoms with E-state index in [1.165, 1.54) is 24.2 Å². The second-order valence-corrected chi connectivity index (χ2v) is 3.64. The van der Waals surface area contributed by atoms with E-state index in [2.05, 4.69) is 10.6 Å². The van der Waals surface area contributed by atoms with Crippen molar-refractivity contribution in [2.75, 3.05) is 13.6 Å². The predicted octanol–water partition coefficient (Wildman–Crippen LogP) is -1.32. The Hall–Kier alpha value is -2.38. The maximum Gasteiger partial charge on any atom is 0.315 e. The molecule has 0 saturated carbocycles. The molecule has 1 rings (SSSR count). The normalized spacial score (nSPS) is 18.7. The Morgan fingerprint density at radius 2 is 2.11 bits per heavy atom. The minimum Gasteiger partial charge on any atom is -0.481 e. The molecule has 0 spiro atoms. The molecule has 1 heterocycles. The molecule has 0 fully saturated rings. The van der Waals surface area contributed by atoms with E-state index in [-0.39, 0.29) is 13.0 Å². The molecule has 0 aromatic heterocycles. The molecule has 1 aliphatic rings. The van der Waals surface area contributed by atoms with E-state index < -0.39 is 29.7 Å². The van der Waals surface area contributed by atoms with Crippen molar-refractivity contribution in [3.63, 3.8) is 0 Å². The summed E-state index contributed by atoms with van der Waals surface area (Å²) < 4.78 is 0. The number of ketones is 1. The van der Waals surface area contributed by atoms with Gasteiger partial charge in [0, 0.05) is 25.9 Å². The van der Waals surface area contributed by atoms with Crippen LogP contribution in [0.5, 0.6) is 0 Å². The number of carboxylic acid groups (broad SMARTS) is 1. The van der Waals surface area contributed by atoms with Crippen molar-refractivity contribution in [1.29, 1.82) is 0 Å². The summed E-state index contributed by atoms with van der Waals surface area (Å²) in [6.45, 7) is -0.0814. The number of aliphatic carboxylic acids is 1. The van der Waals surface area contributed by atoms with Gasteiger partial charge in [-0.05, 0) is 0 Å². The van der Waals surface area contributed by atoms with Crippen molar-refractivity contribution in [2.45, 2.75) is 12.5 Å². The van der Waals surface area contributed by atoms with Crippen LogP contribution in [0.4, 0.5) is 4.79 Å². The molecule has 0 aromatic rings. The summed E-state index contributed by atoms with van der Waals surface area (Å²) >= 11 is 0. The average molecular weight is 255 g/mol. The van der Waals surface area contributed by atoms with Crippen molar-refractivity contribution in [3.8, 4) is 0 Å². The molecular weight excluding hydrogens is 242 g/mol. The Labute approximate surface area is 103 Å². The summed E-state index contributed by atoms with van der Waals surface area (Å²) in [4.78, 5) is 45.7. The van der Waals surface area contributed by atoms with E-state index in [0.717, 1.165) is 0 Å². The number of urea groups is 1. The highest BCUT2D eigenvalue weighted by molar-refractivity contribution is 6.14. The van der Waals surface area contributed by atoms with Gasteiger partial charge in [-0.1, -0.05) is 0 Å². The number of nitrogens with one attached hydrogen (secondary N) is 2. The van der Waals surface area contributed by atoms with Gasteiger partial charge < -0.3 is 20.6 Å². The molecule has 1 unspecified atom stereocenters. The first-order valence-electron chi connectivity index (χ1n) is 5.16. The highest BCUT2D eigenvalue weighted by Crippen LogP contribution is 2.03. The topological polar surface area (TPSA) is 116 Å². The number of carbonyl (C=O) groups is 4. The van der Waals surface area contributed by atoms with Crippen LogP contribution >= 0.6 is 0 Å². The fourth-order valence-corrected chi connectivity index (χ4v) is 1.28. The molecule has 3 amide bonds. The summed E-state index contributed by atoms with van der Waals surface area (Å²) in [6.07, 6.45) is 2.26. The van der Waals surface area contributed by atoms with Crippen molar-refractivity contribution in [3.05, 3.63) is 12.3 Å². The number of amides is 3. The van der Waals surface area contributed by atoms with Gasteiger partial charge in [0.1, 0.15) is 0 Å². The first-order chi connectivity index (χ1) is 8.41. The average Bonchev–Trinajstić information content (AvgIpc) is 2.29. The van der Waals surface area contributed by atoms with Crippen LogP contribution < -0.4 is 10.6 Å². The zero-order valence-corrected chi connectivity index (χ0v) is 9.67. The maximum absolute atomic E-state index is 11.6. The summed E-state index contributed by atoms with van der Waals surface area (Å²) in [5.74, 6) is -2.12. The molecule has 1 aliphatic heterocycles.